The summed E-state index contributed by atoms with van der Waals surface area (Å²) in [4.78, 5) is 4.01. The van der Waals surface area contributed by atoms with Crippen molar-refractivity contribution in [3.63, 3.8) is 0 Å². The molecule has 0 aliphatic carbocycles. The number of aliphatic hydroxyl groups is 1. The summed E-state index contributed by atoms with van der Waals surface area (Å²) in [5, 5.41) is 13.4. The van der Waals surface area contributed by atoms with E-state index in [4.69, 9.17) is 4.74 Å². The lowest BCUT2D eigenvalue weighted by Gasteiger charge is -2.24. The molecule has 2 aromatic rings. The van der Waals surface area contributed by atoms with E-state index in [0.717, 1.165) is 30.4 Å². The van der Waals surface area contributed by atoms with Crippen LogP contribution >= 0.6 is 0 Å². The Morgan fingerprint density at radius 2 is 2.10 bits per heavy atom. The molecule has 0 spiro atoms. The summed E-state index contributed by atoms with van der Waals surface area (Å²) in [5.74, 6) is 0. The number of pyridine rings is 1. The normalized spacial score (nSPS) is 18.4. The van der Waals surface area contributed by atoms with E-state index >= 15 is 0 Å². The molecule has 1 aromatic carbocycles. The van der Waals surface area contributed by atoms with Crippen LogP contribution in [-0.4, -0.2) is 62.2 Å². The van der Waals surface area contributed by atoms with Crippen molar-refractivity contribution < 1.29 is 18.3 Å². The fourth-order valence-corrected chi connectivity index (χ4v) is 5.07. The van der Waals surface area contributed by atoms with Crippen LogP contribution in [0.25, 0.3) is 0 Å². The number of benzene rings is 1. The molecule has 9 heteroatoms. The van der Waals surface area contributed by atoms with Gasteiger partial charge in [-0.25, -0.2) is 0 Å². The SMILES string of the molecule is COCC1CCCN1S(=O)(=O)Nc1ccc(CCNC[C@H](O)c2cccnc2)cc1. The number of methoxy groups -OCH3 is 1. The molecule has 1 unspecified atom stereocenters. The maximum Gasteiger partial charge on any atom is 0.301 e. The van der Waals surface area contributed by atoms with E-state index in [0.29, 0.717) is 31.9 Å². The molecular formula is C21H30N4O4S. The lowest BCUT2D eigenvalue weighted by Crippen LogP contribution is -2.41. The van der Waals surface area contributed by atoms with E-state index in [-0.39, 0.29) is 6.04 Å². The van der Waals surface area contributed by atoms with Crippen LogP contribution in [0, 0.1) is 0 Å². The number of rotatable bonds is 11. The minimum atomic E-state index is -3.60. The summed E-state index contributed by atoms with van der Waals surface area (Å²) < 4.78 is 34.7. The highest BCUT2D eigenvalue weighted by molar-refractivity contribution is 7.90. The lowest BCUT2D eigenvalue weighted by atomic mass is 10.1. The van der Waals surface area contributed by atoms with Gasteiger partial charge in [0.05, 0.1) is 12.7 Å². The Bertz CT molecular complexity index is 878. The number of nitrogens with zero attached hydrogens (tertiary/aromatic N) is 2. The first-order valence-corrected chi connectivity index (χ1v) is 11.6. The zero-order valence-corrected chi connectivity index (χ0v) is 18.0. The predicted molar refractivity (Wildman–Crippen MR) is 116 cm³/mol. The molecule has 8 nitrogen and oxygen atoms in total. The molecule has 0 bridgehead atoms. The van der Waals surface area contributed by atoms with E-state index in [1.54, 1.807) is 37.7 Å². The largest absolute Gasteiger partial charge is 0.387 e. The number of hydrogen-bond acceptors (Lipinski definition) is 6. The van der Waals surface area contributed by atoms with Crippen LogP contribution in [0.3, 0.4) is 0 Å². The zero-order valence-electron chi connectivity index (χ0n) is 17.2. The Morgan fingerprint density at radius 1 is 1.30 bits per heavy atom. The first kappa shape index (κ1) is 22.6. The molecule has 3 N–H and O–H groups in total. The minimum absolute atomic E-state index is 0.111. The summed E-state index contributed by atoms with van der Waals surface area (Å²) in [7, 11) is -2.01. The van der Waals surface area contributed by atoms with Gasteiger partial charge in [-0.2, -0.15) is 12.7 Å². The third-order valence-electron chi connectivity index (χ3n) is 5.19. The first-order valence-electron chi connectivity index (χ1n) is 10.2. The quantitative estimate of drug-likeness (QED) is 0.465. The van der Waals surface area contributed by atoms with Crippen molar-refractivity contribution in [2.24, 2.45) is 0 Å². The molecule has 2 heterocycles. The minimum Gasteiger partial charge on any atom is -0.387 e. The number of anilines is 1. The second kappa shape index (κ2) is 10.8. The molecule has 1 fully saturated rings. The van der Waals surface area contributed by atoms with Gasteiger partial charge in [0, 0.05) is 49.9 Å². The highest BCUT2D eigenvalue weighted by Crippen LogP contribution is 2.23. The highest BCUT2D eigenvalue weighted by atomic mass is 32.2. The van der Waals surface area contributed by atoms with Crippen LogP contribution in [0.4, 0.5) is 5.69 Å². The van der Waals surface area contributed by atoms with E-state index in [1.807, 2.05) is 18.2 Å². The molecule has 3 rings (SSSR count). The van der Waals surface area contributed by atoms with Crippen LogP contribution in [-0.2, 0) is 21.4 Å². The zero-order chi connectivity index (χ0) is 21.4. The van der Waals surface area contributed by atoms with Crippen molar-refractivity contribution in [2.45, 2.75) is 31.4 Å². The molecule has 1 saturated heterocycles. The van der Waals surface area contributed by atoms with Crippen molar-refractivity contribution in [1.29, 1.82) is 0 Å². The maximum absolute atomic E-state index is 12.7. The summed E-state index contributed by atoms with van der Waals surface area (Å²) in [6.45, 7) is 2.07. The Morgan fingerprint density at radius 3 is 2.80 bits per heavy atom. The Hall–Kier alpha value is -2.04. The molecule has 0 radical (unpaired) electrons. The van der Waals surface area contributed by atoms with Crippen LogP contribution in [0.2, 0.25) is 0 Å². The van der Waals surface area contributed by atoms with Gasteiger partial charge in [0.15, 0.2) is 0 Å². The number of hydrogen-bond donors (Lipinski definition) is 3. The molecule has 164 valence electrons. The van der Waals surface area contributed by atoms with Crippen molar-refractivity contribution in [2.75, 3.05) is 38.1 Å². The summed E-state index contributed by atoms with van der Waals surface area (Å²) in [6, 6.07) is 10.9. The second-order valence-electron chi connectivity index (χ2n) is 7.42. The van der Waals surface area contributed by atoms with Gasteiger partial charge in [0.1, 0.15) is 0 Å². The van der Waals surface area contributed by atoms with Gasteiger partial charge in [0.25, 0.3) is 0 Å². The smallest absolute Gasteiger partial charge is 0.301 e. The first-order chi connectivity index (χ1) is 14.5. The van der Waals surface area contributed by atoms with Crippen LogP contribution < -0.4 is 10.0 Å². The predicted octanol–water partition coefficient (Wildman–Crippen LogP) is 1.71. The van der Waals surface area contributed by atoms with Gasteiger partial charge in [-0.15, -0.1) is 0 Å². The summed E-state index contributed by atoms with van der Waals surface area (Å²) >= 11 is 0. The number of aromatic nitrogens is 1. The van der Waals surface area contributed by atoms with Crippen molar-refractivity contribution in [3.8, 4) is 0 Å². The molecule has 1 aromatic heterocycles. The molecule has 2 atom stereocenters. The van der Waals surface area contributed by atoms with E-state index in [9.17, 15) is 13.5 Å². The van der Waals surface area contributed by atoms with E-state index < -0.39 is 16.3 Å². The number of nitrogens with one attached hydrogen (secondary N) is 2. The van der Waals surface area contributed by atoms with Crippen LogP contribution in [0.1, 0.15) is 30.1 Å². The molecule has 1 aliphatic heterocycles. The van der Waals surface area contributed by atoms with Gasteiger partial charge in [-0.1, -0.05) is 18.2 Å². The summed E-state index contributed by atoms with van der Waals surface area (Å²) in [6.07, 6.45) is 5.17. The highest BCUT2D eigenvalue weighted by Gasteiger charge is 2.34. The second-order valence-corrected chi connectivity index (χ2v) is 9.05. The van der Waals surface area contributed by atoms with E-state index in [1.165, 1.54) is 4.31 Å². The third kappa shape index (κ3) is 6.23. The molecule has 0 amide bonds. The molecule has 1 aliphatic rings. The van der Waals surface area contributed by atoms with Gasteiger partial charge >= 0.3 is 10.2 Å². The Labute approximate surface area is 178 Å². The third-order valence-corrected chi connectivity index (χ3v) is 6.78. The van der Waals surface area contributed by atoms with Crippen molar-refractivity contribution in [3.05, 3.63) is 59.9 Å². The van der Waals surface area contributed by atoms with Crippen LogP contribution in [0.5, 0.6) is 0 Å². The lowest BCUT2D eigenvalue weighted by molar-refractivity contribution is 0.149. The van der Waals surface area contributed by atoms with Crippen LogP contribution in [0.15, 0.2) is 48.8 Å². The molecule has 30 heavy (non-hydrogen) atoms. The Kier molecular flexibility index (Phi) is 8.17. The maximum atomic E-state index is 12.7. The fourth-order valence-electron chi connectivity index (χ4n) is 3.59. The average Bonchev–Trinajstić information content (AvgIpc) is 3.22. The topological polar surface area (TPSA) is 104 Å². The van der Waals surface area contributed by atoms with Gasteiger partial charge in [-0.3, -0.25) is 9.71 Å². The van der Waals surface area contributed by atoms with Gasteiger partial charge in [0.2, 0.25) is 0 Å². The monoisotopic (exact) mass is 434 g/mol. The van der Waals surface area contributed by atoms with Gasteiger partial charge in [-0.05, 0) is 49.6 Å². The molecule has 0 saturated carbocycles. The van der Waals surface area contributed by atoms with Crippen molar-refractivity contribution >= 4 is 15.9 Å². The van der Waals surface area contributed by atoms with Gasteiger partial charge < -0.3 is 15.2 Å². The molecular weight excluding hydrogens is 404 g/mol. The average molecular weight is 435 g/mol. The standard InChI is InChI=1S/C21H30N4O4S/c1-29-16-20-5-3-13-25(20)30(27,28)24-19-8-6-17(7-9-19)10-12-23-15-21(26)18-4-2-11-22-14-18/h2,4,6-9,11,14,20-21,23-24,26H,3,5,10,12-13,15-16H2,1H3/t20?,21-/m0/s1. The summed E-state index contributed by atoms with van der Waals surface area (Å²) in [5.41, 5.74) is 2.41. The number of ether oxygens (including phenoxy) is 1. The Balaban J connectivity index is 1.45. The number of aliphatic hydroxyl groups excluding tert-OH is 1. The van der Waals surface area contributed by atoms with E-state index in [2.05, 4.69) is 15.0 Å². The fraction of sp³-hybridized carbons (Fsp3) is 0.476. The van der Waals surface area contributed by atoms with Crippen molar-refractivity contribution in [1.82, 2.24) is 14.6 Å².